The average Bonchev–Trinajstić information content (AvgIpc) is 2.86. The Morgan fingerprint density at radius 1 is 1.50 bits per heavy atom. The minimum absolute atomic E-state index is 0.825. The van der Waals surface area contributed by atoms with Gasteiger partial charge in [-0.3, -0.25) is 0 Å². The van der Waals surface area contributed by atoms with Crippen LogP contribution in [0.5, 0.6) is 0 Å². The third-order valence-corrected chi connectivity index (χ3v) is 2.87. The smallest absolute Gasteiger partial charge is 0.0118 e. The van der Waals surface area contributed by atoms with Gasteiger partial charge in [0.15, 0.2) is 0 Å². The molecule has 2 N–H and O–H groups in total. The lowest BCUT2D eigenvalue weighted by Gasteiger charge is -2.26. The van der Waals surface area contributed by atoms with Crippen molar-refractivity contribution in [2.75, 3.05) is 20.1 Å². The van der Waals surface area contributed by atoms with Crippen molar-refractivity contribution in [2.24, 2.45) is 11.7 Å². The zero-order valence-electron chi connectivity index (χ0n) is 8.42. The summed E-state index contributed by atoms with van der Waals surface area (Å²) in [6, 6.07) is 0.830. The Bertz CT molecular complexity index is 121. The van der Waals surface area contributed by atoms with Gasteiger partial charge in [-0.15, -0.1) is 0 Å². The monoisotopic (exact) mass is 170 g/mol. The van der Waals surface area contributed by atoms with E-state index in [1.54, 1.807) is 0 Å². The molecule has 1 saturated carbocycles. The van der Waals surface area contributed by atoms with Crippen LogP contribution in [0.25, 0.3) is 0 Å². The van der Waals surface area contributed by atoms with E-state index in [-0.39, 0.29) is 0 Å². The molecule has 1 fully saturated rings. The summed E-state index contributed by atoms with van der Waals surface area (Å²) in [5.41, 5.74) is 5.48. The zero-order valence-corrected chi connectivity index (χ0v) is 8.42. The Hall–Kier alpha value is -0.0800. The van der Waals surface area contributed by atoms with E-state index in [0.717, 1.165) is 24.9 Å². The normalized spacial score (nSPS) is 20.0. The minimum Gasteiger partial charge on any atom is -0.330 e. The Morgan fingerprint density at radius 2 is 2.17 bits per heavy atom. The number of nitrogens with zero attached hydrogens (tertiary/aromatic N) is 1. The topological polar surface area (TPSA) is 29.3 Å². The van der Waals surface area contributed by atoms with Crippen LogP contribution < -0.4 is 5.73 Å². The van der Waals surface area contributed by atoms with Crippen LogP contribution in [-0.4, -0.2) is 31.1 Å². The van der Waals surface area contributed by atoms with Gasteiger partial charge in [0.05, 0.1) is 0 Å². The van der Waals surface area contributed by atoms with Crippen LogP contribution in [-0.2, 0) is 0 Å². The van der Waals surface area contributed by atoms with Crippen molar-refractivity contribution in [3.63, 3.8) is 0 Å². The maximum absolute atomic E-state index is 5.48. The largest absolute Gasteiger partial charge is 0.330 e. The van der Waals surface area contributed by atoms with Crippen LogP contribution >= 0.6 is 0 Å². The highest BCUT2D eigenvalue weighted by Gasteiger charge is 2.31. The Balaban J connectivity index is 2.21. The molecule has 72 valence electrons. The van der Waals surface area contributed by atoms with Crippen molar-refractivity contribution in [3.05, 3.63) is 0 Å². The molecule has 12 heavy (non-hydrogen) atoms. The molecule has 0 aromatic rings. The SMILES string of the molecule is CCC(C1CC1)N(C)CCCN. The lowest BCUT2D eigenvalue weighted by Crippen LogP contribution is -2.34. The Morgan fingerprint density at radius 3 is 2.58 bits per heavy atom. The van der Waals surface area contributed by atoms with Crippen LogP contribution in [0.3, 0.4) is 0 Å². The van der Waals surface area contributed by atoms with Crippen LogP contribution in [0, 0.1) is 5.92 Å². The first-order valence-electron chi connectivity index (χ1n) is 5.20. The van der Waals surface area contributed by atoms with Gasteiger partial charge in [-0.05, 0) is 51.7 Å². The molecular formula is C10H22N2. The summed E-state index contributed by atoms with van der Waals surface area (Å²) < 4.78 is 0. The molecule has 0 aliphatic heterocycles. The van der Waals surface area contributed by atoms with E-state index in [2.05, 4.69) is 18.9 Å². The number of hydrogen-bond acceptors (Lipinski definition) is 2. The highest BCUT2D eigenvalue weighted by atomic mass is 15.1. The Kier molecular flexibility index (Phi) is 4.02. The van der Waals surface area contributed by atoms with Crippen molar-refractivity contribution in [2.45, 2.75) is 38.6 Å². The van der Waals surface area contributed by atoms with Gasteiger partial charge in [0.25, 0.3) is 0 Å². The van der Waals surface area contributed by atoms with Gasteiger partial charge in [0, 0.05) is 6.04 Å². The first-order valence-corrected chi connectivity index (χ1v) is 5.20. The van der Waals surface area contributed by atoms with E-state index in [1.165, 1.54) is 25.8 Å². The molecule has 0 bridgehead atoms. The molecule has 1 unspecified atom stereocenters. The van der Waals surface area contributed by atoms with Crippen molar-refractivity contribution < 1.29 is 0 Å². The van der Waals surface area contributed by atoms with Gasteiger partial charge in [0.1, 0.15) is 0 Å². The van der Waals surface area contributed by atoms with Crippen molar-refractivity contribution >= 4 is 0 Å². The molecular weight excluding hydrogens is 148 g/mol. The minimum atomic E-state index is 0.825. The van der Waals surface area contributed by atoms with Crippen molar-refractivity contribution in [1.29, 1.82) is 0 Å². The summed E-state index contributed by atoms with van der Waals surface area (Å²) in [6.45, 7) is 4.29. The lowest BCUT2D eigenvalue weighted by molar-refractivity contribution is 0.211. The van der Waals surface area contributed by atoms with E-state index >= 15 is 0 Å². The molecule has 0 aromatic carbocycles. The van der Waals surface area contributed by atoms with Crippen LogP contribution in [0.2, 0.25) is 0 Å². The second-order valence-electron chi connectivity index (χ2n) is 3.94. The first kappa shape index (κ1) is 10.0. The summed E-state index contributed by atoms with van der Waals surface area (Å²) in [5, 5.41) is 0. The molecule has 0 amide bonds. The van der Waals surface area contributed by atoms with E-state index in [9.17, 15) is 0 Å². The molecule has 1 aliphatic carbocycles. The number of nitrogens with two attached hydrogens (primary N) is 1. The molecule has 0 spiro atoms. The molecule has 2 nitrogen and oxygen atoms in total. The average molecular weight is 170 g/mol. The second-order valence-corrected chi connectivity index (χ2v) is 3.94. The predicted molar refractivity (Wildman–Crippen MR) is 53.1 cm³/mol. The van der Waals surface area contributed by atoms with Gasteiger partial charge < -0.3 is 10.6 Å². The summed E-state index contributed by atoms with van der Waals surface area (Å²) in [6.07, 6.45) is 5.34. The summed E-state index contributed by atoms with van der Waals surface area (Å²) in [4.78, 5) is 2.49. The summed E-state index contributed by atoms with van der Waals surface area (Å²) in [7, 11) is 2.24. The third-order valence-electron chi connectivity index (χ3n) is 2.87. The molecule has 1 atom stereocenters. The van der Waals surface area contributed by atoms with Crippen molar-refractivity contribution in [3.8, 4) is 0 Å². The van der Waals surface area contributed by atoms with Gasteiger partial charge >= 0.3 is 0 Å². The third kappa shape index (κ3) is 2.76. The van der Waals surface area contributed by atoms with Crippen molar-refractivity contribution in [1.82, 2.24) is 4.90 Å². The Labute approximate surface area is 76.1 Å². The van der Waals surface area contributed by atoms with E-state index in [0.29, 0.717) is 0 Å². The molecule has 1 aliphatic rings. The molecule has 1 rings (SSSR count). The highest BCUT2D eigenvalue weighted by molar-refractivity contribution is 4.86. The van der Waals surface area contributed by atoms with Crippen LogP contribution in [0.4, 0.5) is 0 Å². The highest BCUT2D eigenvalue weighted by Crippen LogP contribution is 2.36. The molecule has 0 heterocycles. The fourth-order valence-electron chi connectivity index (χ4n) is 1.99. The van der Waals surface area contributed by atoms with E-state index in [1.807, 2.05) is 0 Å². The molecule has 0 aromatic heterocycles. The second kappa shape index (κ2) is 4.83. The van der Waals surface area contributed by atoms with Gasteiger partial charge in [-0.25, -0.2) is 0 Å². The summed E-state index contributed by atoms with van der Waals surface area (Å²) in [5.74, 6) is 0.998. The first-order chi connectivity index (χ1) is 5.79. The van der Waals surface area contributed by atoms with Gasteiger partial charge in [-0.1, -0.05) is 6.92 Å². The molecule has 0 saturated heterocycles. The fraction of sp³-hybridized carbons (Fsp3) is 1.00. The van der Waals surface area contributed by atoms with Crippen LogP contribution in [0.1, 0.15) is 32.6 Å². The number of rotatable bonds is 6. The predicted octanol–water partition coefficient (Wildman–Crippen LogP) is 1.46. The van der Waals surface area contributed by atoms with E-state index in [4.69, 9.17) is 5.73 Å². The van der Waals surface area contributed by atoms with Crippen LogP contribution in [0.15, 0.2) is 0 Å². The van der Waals surface area contributed by atoms with Gasteiger partial charge in [-0.2, -0.15) is 0 Å². The summed E-state index contributed by atoms with van der Waals surface area (Å²) >= 11 is 0. The maximum Gasteiger partial charge on any atom is 0.0118 e. The molecule has 0 radical (unpaired) electrons. The fourth-order valence-corrected chi connectivity index (χ4v) is 1.99. The van der Waals surface area contributed by atoms with E-state index < -0.39 is 0 Å². The molecule has 2 heteroatoms. The van der Waals surface area contributed by atoms with Gasteiger partial charge in [0.2, 0.25) is 0 Å². The number of hydrogen-bond donors (Lipinski definition) is 1. The lowest BCUT2D eigenvalue weighted by atomic mass is 10.1. The quantitative estimate of drug-likeness (QED) is 0.654. The standard InChI is InChI=1S/C10H22N2/c1-3-10(9-5-6-9)12(2)8-4-7-11/h9-10H,3-8,11H2,1-2H3. The maximum atomic E-state index is 5.48. The zero-order chi connectivity index (χ0) is 8.97.